The molecule has 0 bridgehead atoms. The van der Waals surface area contributed by atoms with Crippen molar-refractivity contribution in [3.63, 3.8) is 0 Å². The largest absolute Gasteiger partial charge is 0.444 e. The molecule has 2 aromatic heterocycles. The maximum Gasteiger partial charge on any atom is 0.262 e. The van der Waals surface area contributed by atoms with Crippen LogP contribution in [0.5, 0.6) is 0 Å². The fourth-order valence-electron chi connectivity index (χ4n) is 1.01. The lowest BCUT2D eigenvalue weighted by molar-refractivity contribution is 0.583. The quantitative estimate of drug-likeness (QED) is 0.766. The van der Waals surface area contributed by atoms with E-state index in [1.165, 1.54) is 6.20 Å². The lowest BCUT2D eigenvalue weighted by Crippen LogP contribution is -2.09. The van der Waals surface area contributed by atoms with Gasteiger partial charge in [0.25, 0.3) is 5.56 Å². The Morgan fingerprint density at radius 2 is 2.14 bits per heavy atom. The summed E-state index contributed by atoms with van der Waals surface area (Å²) in [5.41, 5.74) is -0.0719. The summed E-state index contributed by atoms with van der Waals surface area (Å²) < 4.78 is 5.05. The van der Waals surface area contributed by atoms with Crippen LogP contribution in [0, 0.1) is 0 Å². The van der Waals surface area contributed by atoms with Crippen molar-refractivity contribution in [3.8, 4) is 11.3 Å². The minimum atomic E-state index is -0.365. The van der Waals surface area contributed by atoms with E-state index in [1.54, 1.807) is 12.1 Å². The van der Waals surface area contributed by atoms with Gasteiger partial charge in [-0.25, -0.2) is 4.98 Å². The summed E-state index contributed by atoms with van der Waals surface area (Å²) in [5.74, 6) is 0.361. The number of hydrogen-bond acceptors (Lipinski definition) is 3. The molecule has 72 valence electrons. The SMILES string of the molecule is O=c1[nH]c(Cl)ncc1-c1ccc(Cl)o1. The van der Waals surface area contributed by atoms with Gasteiger partial charge in [0.15, 0.2) is 5.22 Å². The molecule has 0 aliphatic rings. The third-order valence-electron chi connectivity index (χ3n) is 1.61. The predicted octanol–water partition coefficient (Wildman–Crippen LogP) is 2.34. The molecular formula is C8H4Cl2N2O2. The van der Waals surface area contributed by atoms with Gasteiger partial charge in [-0.3, -0.25) is 9.78 Å². The highest BCUT2D eigenvalue weighted by Gasteiger charge is 2.08. The van der Waals surface area contributed by atoms with Crippen LogP contribution < -0.4 is 5.56 Å². The molecule has 0 radical (unpaired) electrons. The molecule has 0 aromatic carbocycles. The van der Waals surface area contributed by atoms with E-state index in [-0.39, 0.29) is 16.1 Å². The van der Waals surface area contributed by atoms with Gasteiger partial charge in [0.05, 0.1) is 0 Å². The summed E-state index contributed by atoms with van der Waals surface area (Å²) in [4.78, 5) is 17.4. The zero-order valence-corrected chi connectivity index (χ0v) is 8.26. The van der Waals surface area contributed by atoms with E-state index in [1.807, 2.05) is 0 Å². The fourth-order valence-corrected chi connectivity index (χ4v) is 1.29. The first-order chi connectivity index (χ1) is 6.66. The molecule has 0 aliphatic heterocycles. The molecule has 0 unspecified atom stereocenters. The Bertz CT molecular complexity index is 518. The Balaban J connectivity index is 2.57. The zero-order chi connectivity index (χ0) is 10.1. The average molecular weight is 231 g/mol. The standard InChI is InChI=1S/C8H4Cl2N2O2/c9-6-2-1-5(14-6)4-3-11-8(10)12-7(4)13/h1-3H,(H,11,12,13). The molecule has 0 fully saturated rings. The molecule has 2 aromatic rings. The molecule has 0 atom stereocenters. The molecule has 14 heavy (non-hydrogen) atoms. The van der Waals surface area contributed by atoms with Crippen molar-refractivity contribution in [1.82, 2.24) is 9.97 Å². The van der Waals surface area contributed by atoms with Gasteiger partial charge in [-0.15, -0.1) is 0 Å². The third kappa shape index (κ3) is 1.66. The lowest BCUT2D eigenvalue weighted by Gasteiger charge is -1.94. The molecule has 0 saturated heterocycles. The van der Waals surface area contributed by atoms with Crippen LogP contribution in [-0.2, 0) is 0 Å². The number of halogens is 2. The van der Waals surface area contributed by atoms with Gasteiger partial charge in [0, 0.05) is 6.20 Å². The number of nitrogens with zero attached hydrogens (tertiary/aromatic N) is 1. The van der Waals surface area contributed by atoms with Crippen molar-refractivity contribution in [2.75, 3.05) is 0 Å². The summed E-state index contributed by atoms with van der Waals surface area (Å²) in [6, 6.07) is 3.13. The molecule has 0 spiro atoms. The van der Waals surface area contributed by atoms with Crippen LogP contribution in [0.25, 0.3) is 11.3 Å². The highest BCUT2D eigenvalue weighted by molar-refractivity contribution is 6.29. The molecule has 0 aliphatic carbocycles. The van der Waals surface area contributed by atoms with Gasteiger partial charge < -0.3 is 4.42 Å². The molecule has 0 saturated carbocycles. The number of rotatable bonds is 1. The molecule has 2 rings (SSSR count). The van der Waals surface area contributed by atoms with E-state index in [0.717, 1.165) is 0 Å². The summed E-state index contributed by atoms with van der Waals surface area (Å²) >= 11 is 11.1. The number of H-pyrrole nitrogens is 1. The summed E-state index contributed by atoms with van der Waals surface area (Å²) in [5, 5.41) is 0.255. The van der Waals surface area contributed by atoms with Crippen LogP contribution in [0.3, 0.4) is 0 Å². The van der Waals surface area contributed by atoms with Gasteiger partial charge in [0.2, 0.25) is 5.28 Å². The maximum atomic E-state index is 11.4. The molecule has 6 heteroatoms. The van der Waals surface area contributed by atoms with Crippen LogP contribution in [0.4, 0.5) is 0 Å². The van der Waals surface area contributed by atoms with Crippen LogP contribution in [0.15, 0.2) is 27.5 Å². The second kappa shape index (κ2) is 3.48. The minimum absolute atomic E-state index is 0.0383. The van der Waals surface area contributed by atoms with Crippen molar-refractivity contribution in [1.29, 1.82) is 0 Å². The minimum Gasteiger partial charge on any atom is -0.444 e. The summed E-state index contributed by atoms with van der Waals surface area (Å²) in [6.45, 7) is 0. The van der Waals surface area contributed by atoms with Gasteiger partial charge in [-0.1, -0.05) is 0 Å². The Labute approximate surface area is 88.5 Å². The highest BCUT2D eigenvalue weighted by atomic mass is 35.5. The van der Waals surface area contributed by atoms with Gasteiger partial charge in [0.1, 0.15) is 11.3 Å². The van der Waals surface area contributed by atoms with Crippen LogP contribution >= 0.6 is 23.2 Å². The van der Waals surface area contributed by atoms with Crippen LogP contribution in [0.1, 0.15) is 0 Å². The van der Waals surface area contributed by atoms with E-state index in [9.17, 15) is 4.79 Å². The first kappa shape index (κ1) is 9.30. The molecule has 2 heterocycles. The highest BCUT2D eigenvalue weighted by Crippen LogP contribution is 2.21. The van der Waals surface area contributed by atoms with Crippen molar-refractivity contribution < 1.29 is 4.42 Å². The van der Waals surface area contributed by atoms with Crippen LogP contribution in [-0.4, -0.2) is 9.97 Å². The van der Waals surface area contributed by atoms with E-state index < -0.39 is 0 Å². The number of aromatic amines is 1. The Morgan fingerprint density at radius 3 is 2.71 bits per heavy atom. The Hall–Kier alpha value is -1.26. The number of hydrogen-bond donors (Lipinski definition) is 1. The number of nitrogens with one attached hydrogen (secondary N) is 1. The monoisotopic (exact) mass is 230 g/mol. The second-order valence-electron chi connectivity index (χ2n) is 2.52. The Morgan fingerprint density at radius 1 is 1.36 bits per heavy atom. The van der Waals surface area contributed by atoms with Crippen molar-refractivity contribution in [2.24, 2.45) is 0 Å². The lowest BCUT2D eigenvalue weighted by atomic mass is 10.3. The van der Waals surface area contributed by atoms with Gasteiger partial charge in [-0.05, 0) is 35.3 Å². The Kier molecular flexibility index (Phi) is 2.31. The van der Waals surface area contributed by atoms with Gasteiger partial charge >= 0.3 is 0 Å². The normalized spacial score (nSPS) is 10.4. The predicted molar refractivity (Wildman–Crippen MR) is 52.6 cm³/mol. The van der Waals surface area contributed by atoms with Crippen molar-refractivity contribution >= 4 is 23.2 Å². The van der Waals surface area contributed by atoms with E-state index in [4.69, 9.17) is 27.6 Å². The van der Waals surface area contributed by atoms with Gasteiger partial charge in [-0.2, -0.15) is 0 Å². The summed E-state index contributed by atoms with van der Waals surface area (Å²) in [6.07, 6.45) is 1.33. The number of aromatic nitrogens is 2. The van der Waals surface area contributed by atoms with E-state index >= 15 is 0 Å². The number of furan rings is 1. The smallest absolute Gasteiger partial charge is 0.262 e. The first-order valence-corrected chi connectivity index (χ1v) is 4.43. The molecule has 4 nitrogen and oxygen atoms in total. The zero-order valence-electron chi connectivity index (χ0n) is 6.75. The topological polar surface area (TPSA) is 58.9 Å². The third-order valence-corrected chi connectivity index (χ3v) is 2.00. The molecular weight excluding hydrogens is 227 g/mol. The fraction of sp³-hybridized carbons (Fsp3) is 0. The van der Waals surface area contributed by atoms with Crippen molar-refractivity contribution in [2.45, 2.75) is 0 Å². The molecule has 1 N–H and O–H groups in total. The summed E-state index contributed by atoms with van der Waals surface area (Å²) in [7, 11) is 0. The molecule has 0 amide bonds. The maximum absolute atomic E-state index is 11.4. The van der Waals surface area contributed by atoms with E-state index in [2.05, 4.69) is 9.97 Å². The second-order valence-corrected chi connectivity index (χ2v) is 3.25. The van der Waals surface area contributed by atoms with E-state index in [0.29, 0.717) is 11.3 Å². The first-order valence-electron chi connectivity index (χ1n) is 3.67. The van der Waals surface area contributed by atoms with Crippen LogP contribution in [0.2, 0.25) is 10.5 Å². The van der Waals surface area contributed by atoms with Crippen molar-refractivity contribution in [3.05, 3.63) is 39.2 Å². The average Bonchev–Trinajstić information content (AvgIpc) is 2.51.